The largest absolute Gasteiger partial charge is 0.460 e. The molecule has 1 aromatic heterocycles. The molecule has 0 N–H and O–H groups in total. The fraction of sp³-hybridized carbons (Fsp3) is 0.441. The molecule has 5 heterocycles. The molecule has 4 aliphatic heterocycles. The summed E-state index contributed by atoms with van der Waals surface area (Å²) in [5, 5.41) is 0.729. The van der Waals surface area contributed by atoms with E-state index in [0.29, 0.717) is 54.0 Å². The molecule has 2 aromatic carbocycles. The molecule has 4 atom stereocenters. The van der Waals surface area contributed by atoms with Gasteiger partial charge in [-0.2, -0.15) is 4.98 Å². The molecule has 4 aliphatic rings. The Hall–Kier alpha value is -3.80. The molecule has 46 heavy (non-hydrogen) atoms. The number of carbonyl (C=O) groups excluding carboxylic acids is 1. The first-order valence-corrected chi connectivity index (χ1v) is 16.2. The van der Waals surface area contributed by atoms with Crippen LogP contribution in [0.5, 0.6) is 5.75 Å². The first-order chi connectivity index (χ1) is 22.2. The number of carbonyl (C=O) groups is 1. The molecule has 1 amide bonds. The number of aromatic nitrogens is 2. The highest BCUT2D eigenvalue weighted by Gasteiger charge is 2.38. The highest BCUT2D eigenvalue weighted by Crippen LogP contribution is 2.47. The van der Waals surface area contributed by atoms with Crippen LogP contribution in [-0.4, -0.2) is 82.3 Å². The van der Waals surface area contributed by atoms with Crippen LogP contribution in [0.15, 0.2) is 48.0 Å². The Bertz CT molecular complexity index is 1810. The SMILES string of the molecule is C=CC(=O)N1C[C@H](C)N(c2nc(=O)n3c4c(c(-c5ccc(F)cc5F)c(Cl)cc24)OC=C3CCCN2C3CCC2COC3)C[C@H]1C. The summed E-state index contributed by atoms with van der Waals surface area (Å²) in [5.74, 6) is -1.07. The Morgan fingerprint density at radius 2 is 1.89 bits per heavy atom. The van der Waals surface area contributed by atoms with Crippen molar-refractivity contribution in [2.45, 2.75) is 63.7 Å². The van der Waals surface area contributed by atoms with E-state index in [-0.39, 0.29) is 39.9 Å². The molecule has 0 aliphatic carbocycles. The van der Waals surface area contributed by atoms with Gasteiger partial charge in [-0.15, -0.1) is 0 Å². The van der Waals surface area contributed by atoms with Crippen LogP contribution in [0.4, 0.5) is 14.6 Å². The predicted octanol–water partition coefficient (Wildman–Crippen LogP) is 5.44. The number of benzene rings is 2. The van der Waals surface area contributed by atoms with Crippen LogP contribution in [0.25, 0.3) is 27.7 Å². The smallest absolute Gasteiger partial charge is 0.354 e. The summed E-state index contributed by atoms with van der Waals surface area (Å²) in [7, 11) is 0. The lowest BCUT2D eigenvalue weighted by Gasteiger charge is -2.44. The van der Waals surface area contributed by atoms with Gasteiger partial charge in [0.05, 0.1) is 23.9 Å². The maximum atomic E-state index is 15.2. The van der Waals surface area contributed by atoms with Crippen molar-refractivity contribution >= 4 is 39.9 Å². The van der Waals surface area contributed by atoms with E-state index in [4.69, 9.17) is 21.1 Å². The number of morpholine rings is 1. The maximum Gasteiger partial charge on any atom is 0.354 e. The second kappa shape index (κ2) is 12.1. The Morgan fingerprint density at radius 3 is 2.61 bits per heavy atom. The van der Waals surface area contributed by atoms with Crippen molar-refractivity contribution in [2.24, 2.45) is 0 Å². The van der Waals surface area contributed by atoms with Gasteiger partial charge in [0.1, 0.15) is 29.2 Å². The summed E-state index contributed by atoms with van der Waals surface area (Å²) in [6.45, 7) is 10.7. The quantitative estimate of drug-likeness (QED) is 0.315. The molecule has 9 nitrogen and oxygen atoms in total. The van der Waals surface area contributed by atoms with Gasteiger partial charge in [0.2, 0.25) is 5.91 Å². The van der Waals surface area contributed by atoms with Crippen LogP contribution >= 0.6 is 11.6 Å². The number of hydrogen-bond donors (Lipinski definition) is 0. The number of rotatable bonds is 7. The van der Waals surface area contributed by atoms with Crippen molar-refractivity contribution in [3.63, 3.8) is 0 Å². The van der Waals surface area contributed by atoms with Gasteiger partial charge in [0, 0.05) is 59.8 Å². The van der Waals surface area contributed by atoms with E-state index in [0.717, 1.165) is 51.2 Å². The third kappa shape index (κ3) is 5.18. The van der Waals surface area contributed by atoms with Crippen LogP contribution in [0.1, 0.15) is 39.5 Å². The number of amides is 1. The summed E-state index contributed by atoms with van der Waals surface area (Å²) >= 11 is 6.87. The molecule has 0 radical (unpaired) electrons. The second-order valence-electron chi connectivity index (χ2n) is 12.7. The monoisotopic (exact) mass is 651 g/mol. The average Bonchev–Trinajstić information content (AvgIpc) is 3.24. The van der Waals surface area contributed by atoms with Crippen molar-refractivity contribution in [3.8, 4) is 16.9 Å². The fourth-order valence-corrected chi connectivity index (χ4v) is 7.86. The van der Waals surface area contributed by atoms with Gasteiger partial charge in [-0.1, -0.05) is 18.2 Å². The standard InChI is InChI=1S/C34H36ClF2N5O4/c1-4-29(43)40-14-20(3)41(15-19(40)2)33-26-13-27(35)30(25-10-7-21(36)12-28(25)37)32-31(26)42(34(44)38-33)24(18-46-32)6-5-11-39-22-8-9-23(39)17-45-16-22/h4,7,10,12-13,18-20,22-23H,1,5-6,8-9,11,14-17H2,2-3H3/t19-,20+,22?,23?/m1/s1. The highest BCUT2D eigenvalue weighted by atomic mass is 35.5. The lowest BCUT2D eigenvalue weighted by atomic mass is 9.99. The number of hydrogen-bond acceptors (Lipinski definition) is 7. The first-order valence-electron chi connectivity index (χ1n) is 15.8. The van der Waals surface area contributed by atoms with Crippen LogP contribution in [0.2, 0.25) is 5.02 Å². The summed E-state index contributed by atoms with van der Waals surface area (Å²) in [4.78, 5) is 37.4. The van der Waals surface area contributed by atoms with Crippen molar-refractivity contribution in [3.05, 3.63) is 70.3 Å². The molecular formula is C34H36ClF2N5O4. The lowest BCUT2D eigenvalue weighted by molar-refractivity contribution is -0.128. The summed E-state index contributed by atoms with van der Waals surface area (Å²) in [5.41, 5.74) is 0.838. The number of ether oxygens (including phenoxy) is 2. The number of nitrogens with zero attached hydrogens (tertiary/aromatic N) is 5. The third-order valence-corrected chi connectivity index (χ3v) is 10.1. The first kappa shape index (κ1) is 30.8. The lowest BCUT2D eigenvalue weighted by Crippen LogP contribution is -2.58. The predicted molar refractivity (Wildman–Crippen MR) is 173 cm³/mol. The van der Waals surface area contributed by atoms with Crippen molar-refractivity contribution in [2.75, 3.05) is 37.7 Å². The number of anilines is 1. The second-order valence-corrected chi connectivity index (χ2v) is 13.1. The molecule has 12 heteroatoms. The van der Waals surface area contributed by atoms with Gasteiger partial charge in [0.25, 0.3) is 0 Å². The topological polar surface area (TPSA) is 80.1 Å². The molecule has 3 aromatic rings. The molecule has 3 fully saturated rings. The zero-order valence-electron chi connectivity index (χ0n) is 25.8. The van der Waals surface area contributed by atoms with Crippen LogP contribution in [-0.2, 0) is 9.53 Å². The van der Waals surface area contributed by atoms with Gasteiger partial charge < -0.3 is 19.3 Å². The Kier molecular flexibility index (Phi) is 8.11. The number of fused-ring (bicyclic) bond motifs is 2. The van der Waals surface area contributed by atoms with Gasteiger partial charge in [0.15, 0.2) is 5.75 Å². The third-order valence-electron chi connectivity index (χ3n) is 9.82. The van der Waals surface area contributed by atoms with E-state index in [1.807, 2.05) is 18.7 Å². The highest BCUT2D eigenvalue weighted by molar-refractivity contribution is 6.35. The minimum absolute atomic E-state index is 0.0545. The van der Waals surface area contributed by atoms with Crippen LogP contribution < -0.4 is 15.3 Å². The molecule has 3 saturated heterocycles. The molecule has 0 spiro atoms. The molecule has 242 valence electrons. The van der Waals surface area contributed by atoms with Gasteiger partial charge in [-0.05, 0) is 70.4 Å². The number of halogens is 3. The van der Waals surface area contributed by atoms with Gasteiger partial charge >= 0.3 is 5.69 Å². The summed E-state index contributed by atoms with van der Waals surface area (Å²) < 4.78 is 42.6. The van der Waals surface area contributed by atoms with E-state index in [1.54, 1.807) is 15.5 Å². The maximum absolute atomic E-state index is 15.2. The summed E-state index contributed by atoms with van der Waals surface area (Å²) in [6, 6.07) is 5.42. The normalized spacial score (nSPS) is 24.2. The van der Waals surface area contributed by atoms with Gasteiger partial charge in [-0.3, -0.25) is 14.3 Å². The van der Waals surface area contributed by atoms with Crippen molar-refractivity contribution in [1.29, 1.82) is 0 Å². The van der Waals surface area contributed by atoms with Crippen molar-refractivity contribution in [1.82, 2.24) is 19.4 Å². The molecule has 0 saturated carbocycles. The van der Waals surface area contributed by atoms with E-state index in [2.05, 4.69) is 16.5 Å². The van der Waals surface area contributed by atoms with E-state index in [9.17, 15) is 14.0 Å². The van der Waals surface area contributed by atoms with Gasteiger partial charge in [-0.25, -0.2) is 13.6 Å². The van der Waals surface area contributed by atoms with E-state index >= 15 is 4.39 Å². The Labute approximate surface area is 270 Å². The Balaban J connectivity index is 1.32. The minimum atomic E-state index is -0.801. The fourth-order valence-electron chi connectivity index (χ4n) is 7.57. The number of piperazine rings is 1. The zero-order chi connectivity index (χ0) is 32.3. The molecule has 2 bridgehead atoms. The van der Waals surface area contributed by atoms with E-state index in [1.165, 1.54) is 18.4 Å². The van der Waals surface area contributed by atoms with E-state index < -0.39 is 17.3 Å². The minimum Gasteiger partial charge on any atom is -0.460 e. The van der Waals surface area contributed by atoms with Crippen LogP contribution in [0, 0.1) is 11.6 Å². The van der Waals surface area contributed by atoms with Crippen LogP contribution in [0.3, 0.4) is 0 Å². The average molecular weight is 652 g/mol. The number of allylic oxidation sites excluding steroid dienone is 1. The van der Waals surface area contributed by atoms with Crippen molar-refractivity contribution < 1.29 is 23.0 Å². The molecule has 2 unspecified atom stereocenters. The molecular weight excluding hydrogens is 616 g/mol. The summed E-state index contributed by atoms with van der Waals surface area (Å²) in [6.07, 6.45) is 6.41. The Morgan fingerprint density at radius 1 is 1.13 bits per heavy atom. The zero-order valence-corrected chi connectivity index (χ0v) is 26.6. The molecule has 7 rings (SSSR count).